The van der Waals surface area contributed by atoms with Gasteiger partial charge in [0.25, 0.3) is 0 Å². The number of aromatic nitrogens is 1. The molecule has 2 rings (SSSR count). The first-order chi connectivity index (χ1) is 10.2. The summed E-state index contributed by atoms with van der Waals surface area (Å²) in [6, 6.07) is 9.70. The molecule has 21 heavy (non-hydrogen) atoms. The van der Waals surface area contributed by atoms with Crippen molar-refractivity contribution < 1.29 is 14.6 Å². The molecule has 1 heterocycles. The van der Waals surface area contributed by atoms with Crippen LogP contribution in [0.5, 0.6) is 0 Å². The predicted octanol–water partition coefficient (Wildman–Crippen LogP) is 1.77. The third kappa shape index (κ3) is 3.49. The highest BCUT2D eigenvalue weighted by atomic mass is 16.5. The summed E-state index contributed by atoms with van der Waals surface area (Å²) in [6.07, 6.45) is 0.144. The van der Waals surface area contributed by atoms with E-state index in [1.54, 1.807) is 0 Å². The first kappa shape index (κ1) is 15.3. The van der Waals surface area contributed by atoms with E-state index in [1.807, 2.05) is 37.3 Å². The standard InChI is InChI=1S/C16H20N2O3/c1-3-18(8-9-19)15-10-12(11-16(20)21-2)17-14-7-5-4-6-13(14)15/h4-7,10,19H,3,8-9,11H2,1-2H3. The molecule has 0 spiro atoms. The monoisotopic (exact) mass is 288 g/mol. The van der Waals surface area contributed by atoms with Gasteiger partial charge in [-0.2, -0.15) is 0 Å². The molecule has 0 aliphatic heterocycles. The predicted molar refractivity (Wildman–Crippen MR) is 82.4 cm³/mol. The number of para-hydroxylation sites is 1. The van der Waals surface area contributed by atoms with Crippen molar-refractivity contribution in [3.05, 3.63) is 36.0 Å². The number of hydrogen-bond acceptors (Lipinski definition) is 5. The summed E-state index contributed by atoms with van der Waals surface area (Å²) in [5.74, 6) is -0.311. The van der Waals surface area contributed by atoms with Gasteiger partial charge >= 0.3 is 5.97 Å². The van der Waals surface area contributed by atoms with E-state index < -0.39 is 0 Å². The summed E-state index contributed by atoms with van der Waals surface area (Å²) in [7, 11) is 1.37. The van der Waals surface area contributed by atoms with Crippen LogP contribution in [0.15, 0.2) is 30.3 Å². The number of hydrogen-bond donors (Lipinski definition) is 1. The molecule has 0 fully saturated rings. The van der Waals surface area contributed by atoms with E-state index in [1.165, 1.54) is 7.11 Å². The summed E-state index contributed by atoms with van der Waals surface area (Å²) in [5.41, 5.74) is 2.49. The lowest BCUT2D eigenvalue weighted by atomic mass is 10.1. The third-order valence-corrected chi connectivity index (χ3v) is 3.39. The number of ether oxygens (including phenoxy) is 1. The molecule has 0 saturated heterocycles. The topological polar surface area (TPSA) is 62.7 Å². The lowest BCUT2D eigenvalue weighted by Crippen LogP contribution is -2.26. The molecule has 5 nitrogen and oxygen atoms in total. The number of rotatable bonds is 6. The Bertz CT molecular complexity index is 628. The highest BCUT2D eigenvalue weighted by molar-refractivity contribution is 5.92. The number of carbonyl (C=O) groups is 1. The molecular formula is C16H20N2O3. The fourth-order valence-electron chi connectivity index (χ4n) is 2.35. The van der Waals surface area contributed by atoms with Gasteiger partial charge in [-0.15, -0.1) is 0 Å². The molecule has 0 atom stereocenters. The van der Waals surface area contributed by atoms with E-state index >= 15 is 0 Å². The SMILES string of the molecule is CCN(CCO)c1cc(CC(=O)OC)nc2ccccc12. The lowest BCUT2D eigenvalue weighted by Gasteiger charge is -2.24. The second-order valence-corrected chi connectivity index (χ2v) is 4.71. The number of methoxy groups -OCH3 is 1. The fraction of sp³-hybridized carbons (Fsp3) is 0.375. The molecule has 0 aliphatic rings. The minimum atomic E-state index is -0.311. The van der Waals surface area contributed by atoms with Gasteiger partial charge in [0.15, 0.2) is 0 Å². The van der Waals surface area contributed by atoms with Crippen LogP contribution in [0, 0.1) is 0 Å². The van der Waals surface area contributed by atoms with Crippen molar-refractivity contribution in [2.45, 2.75) is 13.3 Å². The van der Waals surface area contributed by atoms with Gasteiger partial charge in [0.2, 0.25) is 0 Å². The zero-order valence-corrected chi connectivity index (χ0v) is 12.4. The Morgan fingerprint density at radius 1 is 1.38 bits per heavy atom. The van der Waals surface area contributed by atoms with Crippen LogP contribution in [0.4, 0.5) is 5.69 Å². The van der Waals surface area contributed by atoms with Crippen molar-refractivity contribution >= 4 is 22.6 Å². The van der Waals surface area contributed by atoms with Crippen molar-refractivity contribution in [1.82, 2.24) is 4.98 Å². The second-order valence-electron chi connectivity index (χ2n) is 4.71. The number of likely N-dealkylation sites (N-methyl/N-ethyl adjacent to an activating group) is 1. The Hall–Kier alpha value is -2.14. The van der Waals surface area contributed by atoms with Crippen molar-refractivity contribution in [1.29, 1.82) is 0 Å². The first-order valence-electron chi connectivity index (χ1n) is 7.00. The van der Waals surface area contributed by atoms with Crippen molar-refractivity contribution in [2.24, 2.45) is 0 Å². The van der Waals surface area contributed by atoms with E-state index in [-0.39, 0.29) is 19.0 Å². The Morgan fingerprint density at radius 2 is 2.14 bits per heavy atom. The number of fused-ring (bicyclic) bond motifs is 1. The number of aliphatic hydroxyl groups is 1. The van der Waals surface area contributed by atoms with Gasteiger partial charge in [-0.05, 0) is 19.1 Å². The van der Waals surface area contributed by atoms with Crippen LogP contribution in [-0.2, 0) is 16.0 Å². The van der Waals surface area contributed by atoms with E-state index in [0.29, 0.717) is 12.2 Å². The van der Waals surface area contributed by atoms with Crippen LogP contribution >= 0.6 is 0 Å². The molecule has 1 aromatic carbocycles. The number of carbonyl (C=O) groups excluding carboxylic acids is 1. The smallest absolute Gasteiger partial charge is 0.311 e. The summed E-state index contributed by atoms with van der Waals surface area (Å²) in [6.45, 7) is 3.43. The molecule has 0 bridgehead atoms. The second kappa shape index (κ2) is 7.04. The Morgan fingerprint density at radius 3 is 2.81 bits per heavy atom. The zero-order chi connectivity index (χ0) is 15.2. The number of benzene rings is 1. The zero-order valence-electron chi connectivity index (χ0n) is 12.4. The Balaban J connectivity index is 2.51. The molecule has 0 radical (unpaired) electrons. The number of anilines is 1. The molecule has 0 saturated carbocycles. The summed E-state index contributed by atoms with van der Waals surface area (Å²) < 4.78 is 4.71. The van der Waals surface area contributed by atoms with Crippen LogP contribution in [0.1, 0.15) is 12.6 Å². The fourth-order valence-corrected chi connectivity index (χ4v) is 2.35. The highest BCUT2D eigenvalue weighted by Crippen LogP contribution is 2.27. The Kier molecular flexibility index (Phi) is 5.11. The van der Waals surface area contributed by atoms with Crippen LogP contribution in [0.3, 0.4) is 0 Å². The van der Waals surface area contributed by atoms with E-state index in [0.717, 1.165) is 23.1 Å². The van der Waals surface area contributed by atoms with Crippen LogP contribution in [-0.4, -0.2) is 42.9 Å². The highest BCUT2D eigenvalue weighted by Gasteiger charge is 2.13. The minimum absolute atomic E-state index is 0.0802. The van der Waals surface area contributed by atoms with Gasteiger partial charge in [-0.3, -0.25) is 9.78 Å². The van der Waals surface area contributed by atoms with Gasteiger partial charge in [0.05, 0.1) is 31.3 Å². The maximum atomic E-state index is 11.5. The van der Waals surface area contributed by atoms with Crippen molar-refractivity contribution in [3.8, 4) is 0 Å². The Labute approximate surface area is 124 Å². The molecular weight excluding hydrogens is 268 g/mol. The quantitative estimate of drug-likeness (QED) is 0.821. The number of pyridine rings is 1. The molecule has 2 aromatic rings. The maximum absolute atomic E-state index is 11.5. The van der Waals surface area contributed by atoms with Gasteiger partial charge in [0, 0.05) is 24.2 Å². The van der Waals surface area contributed by atoms with Crippen LogP contribution < -0.4 is 4.90 Å². The van der Waals surface area contributed by atoms with Crippen molar-refractivity contribution in [2.75, 3.05) is 31.7 Å². The van der Waals surface area contributed by atoms with E-state index in [2.05, 4.69) is 9.88 Å². The third-order valence-electron chi connectivity index (χ3n) is 3.39. The molecule has 5 heteroatoms. The summed E-state index contributed by atoms with van der Waals surface area (Å²) in [4.78, 5) is 18.1. The molecule has 0 aliphatic carbocycles. The lowest BCUT2D eigenvalue weighted by molar-refractivity contribution is -0.139. The van der Waals surface area contributed by atoms with Crippen LogP contribution in [0.2, 0.25) is 0 Å². The van der Waals surface area contributed by atoms with Gasteiger partial charge < -0.3 is 14.7 Å². The number of aliphatic hydroxyl groups excluding tert-OH is 1. The summed E-state index contributed by atoms with van der Waals surface area (Å²) in [5, 5.41) is 10.2. The average Bonchev–Trinajstić information content (AvgIpc) is 2.51. The number of nitrogens with zero attached hydrogens (tertiary/aromatic N) is 2. The van der Waals surface area contributed by atoms with Gasteiger partial charge in [0.1, 0.15) is 0 Å². The van der Waals surface area contributed by atoms with Crippen molar-refractivity contribution in [3.63, 3.8) is 0 Å². The normalized spacial score (nSPS) is 10.6. The average molecular weight is 288 g/mol. The van der Waals surface area contributed by atoms with E-state index in [9.17, 15) is 9.90 Å². The van der Waals surface area contributed by atoms with Gasteiger partial charge in [-0.1, -0.05) is 18.2 Å². The molecule has 1 aromatic heterocycles. The molecule has 1 N–H and O–H groups in total. The summed E-state index contributed by atoms with van der Waals surface area (Å²) >= 11 is 0. The molecule has 112 valence electrons. The largest absolute Gasteiger partial charge is 0.469 e. The minimum Gasteiger partial charge on any atom is -0.469 e. The maximum Gasteiger partial charge on any atom is 0.311 e. The molecule has 0 unspecified atom stereocenters. The van der Waals surface area contributed by atoms with E-state index in [4.69, 9.17) is 4.74 Å². The van der Waals surface area contributed by atoms with Gasteiger partial charge in [-0.25, -0.2) is 0 Å². The molecule has 0 amide bonds. The van der Waals surface area contributed by atoms with Crippen LogP contribution in [0.25, 0.3) is 10.9 Å². The number of esters is 1. The first-order valence-corrected chi connectivity index (χ1v) is 7.00.